The molecule has 0 radical (unpaired) electrons. The van der Waals surface area contributed by atoms with E-state index in [2.05, 4.69) is 32.4 Å². The Hall–Kier alpha value is -2.14. The first kappa shape index (κ1) is 13.3. The molecule has 0 amide bonds. The molecular formula is C13H14ClN5. The average Bonchev–Trinajstić information content (AvgIpc) is 2.42. The highest BCUT2D eigenvalue weighted by Crippen LogP contribution is 2.24. The Bertz CT molecular complexity index is 585. The molecule has 0 bridgehead atoms. The van der Waals surface area contributed by atoms with Gasteiger partial charge in [-0.1, -0.05) is 23.7 Å². The molecule has 1 aromatic heterocycles. The molecule has 0 atom stereocenters. The summed E-state index contributed by atoms with van der Waals surface area (Å²) in [5.74, 6) is 1.05. The minimum atomic E-state index is 0.416. The molecule has 98 valence electrons. The molecule has 0 saturated heterocycles. The van der Waals surface area contributed by atoms with Crippen LogP contribution < -0.4 is 10.6 Å². The molecule has 0 aliphatic rings. The number of nitrogens with zero attached hydrogens (tertiary/aromatic N) is 3. The van der Waals surface area contributed by atoms with Crippen LogP contribution >= 0.6 is 11.6 Å². The van der Waals surface area contributed by atoms with E-state index in [0.717, 1.165) is 11.3 Å². The lowest BCUT2D eigenvalue weighted by atomic mass is 10.2. The lowest BCUT2D eigenvalue weighted by molar-refractivity contribution is 0.975. The summed E-state index contributed by atoms with van der Waals surface area (Å²) in [6, 6.07) is 5.61. The van der Waals surface area contributed by atoms with Crippen molar-refractivity contribution in [3.63, 3.8) is 0 Å². The van der Waals surface area contributed by atoms with E-state index in [4.69, 9.17) is 11.6 Å². The maximum atomic E-state index is 6.06. The van der Waals surface area contributed by atoms with E-state index >= 15 is 0 Å². The summed E-state index contributed by atoms with van der Waals surface area (Å²) in [6.45, 7) is 6.18. The van der Waals surface area contributed by atoms with Crippen LogP contribution in [0.4, 0.5) is 17.5 Å². The third-order valence-corrected chi connectivity index (χ3v) is 2.91. The molecule has 2 N–H and O–H groups in total. The van der Waals surface area contributed by atoms with Crippen LogP contribution in [0.5, 0.6) is 0 Å². The average molecular weight is 276 g/mol. The number of nitrogens with one attached hydrogen (secondary N) is 2. The Kier molecular flexibility index (Phi) is 4.30. The van der Waals surface area contributed by atoms with Crippen LogP contribution in [0.3, 0.4) is 0 Å². The monoisotopic (exact) mass is 275 g/mol. The van der Waals surface area contributed by atoms with Crippen molar-refractivity contribution in [2.75, 3.05) is 17.2 Å². The van der Waals surface area contributed by atoms with E-state index in [1.165, 1.54) is 0 Å². The van der Waals surface area contributed by atoms with E-state index in [9.17, 15) is 0 Å². The summed E-state index contributed by atoms with van der Waals surface area (Å²) in [4.78, 5) is 4.29. The largest absolute Gasteiger partial charge is 0.365 e. The van der Waals surface area contributed by atoms with Gasteiger partial charge in [-0.25, -0.2) is 0 Å². The fraction of sp³-hybridized carbons (Fsp3) is 0.154. The van der Waals surface area contributed by atoms with Gasteiger partial charge in [-0.3, -0.25) is 0 Å². The first-order valence-electron chi connectivity index (χ1n) is 5.77. The van der Waals surface area contributed by atoms with Crippen LogP contribution in [0.2, 0.25) is 5.02 Å². The number of anilines is 3. The number of aromatic nitrogens is 3. The molecule has 2 rings (SSSR count). The minimum Gasteiger partial charge on any atom is -0.365 e. The van der Waals surface area contributed by atoms with E-state index in [-0.39, 0.29) is 0 Å². The zero-order chi connectivity index (χ0) is 13.7. The van der Waals surface area contributed by atoms with Crippen LogP contribution in [0, 0.1) is 6.92 Å². The van der Waals surface area contributed by atoms with Gasteiger partial charge in [0.05, 0.1) is 6.20 Å². The molecule has 1 aromatic carbocycles. The molecule has 0 aliphatic carbocycles. The van der Waals surface area contributed by atoms with Gasteiger partial charge in [0.1, 0.15) is 0 Å². The summed E-state index contributed by atoms with van der Waals surface area (Å²) in [7, 11) is 0. The maximum absolute atomic E-state index is 6.06. The first-order valence-corrected chi connectivity index (χ1v) is 6.15. The van der Waals surface area contributed by atoms with Gasteiger partial charge in [-0.2, -0.15) is 10.1 Å². The van der Waals surface area contributed by atoms with Crippen molar-refractivity contribution in [3.05, 3.63) is 47.6 Å². The quantitative estimate of drug-likeness (QED) is 0.821. The van der Waals surface area contributed by atoms with Crippen molar-refractivity contribution >= 4 is 29.1 Å². The van der Waals surface area contributed by atoms with E-state index in [0.29, 0.717) is 23.3 Å². The highest BCUT2D eigenvalue weighted by Gasteiger charge is 2.05. The van der Waals surface area contributed by atoms with Crippen molar-refractivity contribution in [2.45, 2.75) is 6.92 Å². The normalized spacial score (nSPS) is 10.0. The molecule has 19 heavy (non-hydrogen) atoms. The number of halogens is 1. The van der Waals surface area contributed by atoms with E-state index in [1.807, 2.05) is 25.1 Å². The topological polar surface area (TPSA) is 62.7 Å². The van der Waals surface area contributed by atoms with Gasteiger partial charge in [-0.15, -0.1) is 11.7 Å². The highest BCUT2D eigenvalue weighted by molar-refractivity contribution is 6.31. The Morgan fingerprint density at radius 3 is 3.05 bits per heavy atom. The summed E-state index contributed by atoms with van der Waals surface area (Å²) < 4.78 is 0. The van der Waals surface area contributed by atoms with Crippen molar-refractivity contribution in [1.29, 1.82) is 0 Å². The third kappa shape index (κ3) is 3.42. The van der Waals surface area contributed by atoms with Gasteiger partial charge < -0.3 is 10.6 Å². The van der Waals surface area contributed by atoms with Crippen LogP contribution in [-0.2, 0) is 0 Å². The highest BCUT2D eigenvalue weighted by atomic mass is 35.5. The van der Waals surface area contributed by atoms with E-state index < -0.39 is 0 Å². The van der Waals surface area contributed by atoms with Gasteiger partial charge in [0.2, 0.25) is 5.95 Å². The number of rotatable bonds is 5. The molecule has 2 aromatic rings. The van der Waals surface area contributed by atoms with Gasteiger partial charge in [-0.05, 0) is 24.6 Å². The Morgan fingerprint density at radius 2 is 2.26 bits per heavy atom. The minimum absolute atomic E-state index is 0.416. The van der Waals surface area contributed by atoms with Gasteiger partial charge in [0.25, 0.3) is 0 Å². The summed E-state index contributed by atoms with van der Waals surface area (Å²) in [5, 5.41) is 14.7. The van der Waals surface area contributed by atoms with Crippen LogP contribution in [0.15, 0.2) is 37.1 Å². The first-order chi connectivity index (χ1) is 9.20. The van der Waals surface area contributed by atoms with Crippen LogP contribution in [0.1, 0.15) is 5.56 Å². The zero-order valence-corrected chi connectivity index (χ0v) is 11.3. The molecule has 0 aliphatic heterocycles. The lowest BCUT2D eigenvalue weighted by Crippen LogP contribution is -2.05. The summed E-state index contributed by atoms with van der Waals surface area (Å²) >= 11 is 6.06. The summed E-state index contributed by atoms with van der Waals surface area (Å²) in [5.41, 5.74) is 1.80. The Labute approximate surface area is 116 Å². The van der Waals surface area contributed by atoms with Crippen molar-refractivity contribution in [3.8, 4) is 0 Å². The molecule has 6 heteroatoms. The van der Waals surface area contributed by atoms with Gasteiger partial charge in [0, 0.05) is 17.3 Å². The maximum Gasteiger partial charge on any atom is 0.249 e. The predicted octanol–water partition coefficient (Wildman–Crippen LogP) is 3.17. The predicted molar refractivity (Wildman–Crippen MR) is 78.0 cm³/mol. The standard InChI is InChI=1S/C13H14ClN5/c1-3-7-15-12-8-16-19-13(18-12)17-11-6-4-5-10(14)9(11)2/h3-6,8H,1,7H2,2H3,(H2,15,17,18,19). The van der Waals surface area contributed by atoms with Crippen molar-refractivity contribution in [1.82, 2.24) is 15.2 Å². The molecule has 1 heterocycles. The lowest BCUT2D eigenvalue weighted by Gasteiger charge is -2.09. The molecule has 0 unspecified atom stereocenters. The number of hydrogen-bond acceptors (Lipinski definition) is 5. The second-order valence-electron chi connectivity index (χ2n) is 3.87. The van der Waals surface area contributed by atoms with Crippen molar-refractivity contribution in [2.24, 2.45) is 0 Å². The SMILES string of the molecule is C=CCNc1cnnc(Nc2cccc(Cl)c2C)n1. The third-order valence-electron chi connectivity index (χ3n) is 2.50. The Balaban J connectivity index is 2.18. The van der Waals surface area contributed by atoms with Gasteiger partial charge in [0.15, 0.2) is 5.82 Å². The van der Waals surface area contributed by atoms with Crippen LogP contribution in [0.25, 0.3) is 0 Å². The smallest absolute Gasteiger partial charge is 0.249 e. The zero-order valence-electron chi connectivity index (χ0n) is 10.5. The molecule has 0 saturated carbocycles. The molecule has 0 spiro atoms. The number of hydrogen-bond donors (Lipinski definition) is 2. The van der Waals surface area contributed by atoms with Crippen LogP contribution in [-0.4, -0.2) is 21.7 Å². The second-order valence-corrected chi connectivity index (χ2v) is 4.28. The second kappa shape index (κ2) is 6.15. The van der Waals surface area contributed by atoms with E-state index in [1.54, 1.807) is 12.3 Å². The Morgan fingerprint density at radius 1 is 1.42 bits per heavy atom. The molecule has 5 nitrogen and oxygen atoms in total. The fourth-order valence-electron chi connectivity index (χ4n) is 1.48. The van der Waals surface area contributed by atoms with Gasteiger partial charge >= 0.3 is 0 Å². The summed E-state index contributed by atoms with van der Waals surface area (Å²) in [6.07, 6.45) is 3.30. The molecule has 0 fully saturated rings. The molecular weight excluding hydrogens is 262 g/mol. The van der Waals surface area contributed by atoms with Crippen molar-refractivity contribution < 1.29 is 0 Å². The fourth-order valence-corrected chi connectivity index (χ4v) is 1.66. The number of benzene rings is 1.